The van der Waals surface area contributed by atoms with Gasteiger partial charge in [0.15, 0.2) is 5.78 Å². The largest absolute Gasteiger partial charge is 0.496 e. The average Bonchev–Trinajstić information content (AvgIpc) is 2.27. The highest BCUT2D eigenvalue weighted by atomic mass is 16.5. The van der Waals surface area contributed by atoms with Crippen molar-refractivity contribution in [1.82, 2.24) is 4.90 Å². The van der Waals surface area contributed by atoms with Crippen LogP contribution in [0.4, 0.5) is 0 Å². The van der Waals surface area contributed by atoms with Crippen molar-refractivity contribution < 1.29 is 9.53 Å². The summed E-state index contributed by atoms with van der Waals surface area (Å²) in [6, 6.07) is 0. The van der Waals surface area contributed by atoms with Crippen LogP contribution in [0.15, 0.2) is 35.4 Å². The first-order valence-electron chi connectivity index (χ1n) is 5.49. The van der Waals surface area contributed by atoms with Crippen molar-refractivity contribution in [2.75, 3.05) is 7.11 Å². The SMILES string of the molecule is COC1=C/C(=C/C(C)C)N(C=N)C=C1C(C)=O. The predicted octanol–water partition coefficient (Wildman–Crippen LogP) is 2.45. The van der Waals surface area contributed by atoms with Crippen LogP contribution in [-0.4, -0.2) is 24.1 Å². The summed E-state index contributed by atoms with van der Waals surface area (Å²) in [5, 5.41) is 7.36. The van der Waals surface area contributed by atoms with Crippen LogP contribution in [0, 0.1) is 11.3 Å². The maximum absolute atomic E-state index is 11.4. The normalized spacial score (nSPS) is 17.9. The average molecular weight is 234 g/mol. The second-order valence-electron chi connectivity index (χ2n) is 4.18. The van der Waals surface area contributed by atoms with Gasteiger partial charge in [0.1, 0.15) is 5.76 Å². The van der Waals surface area contributed by atoms with Gasteiger partial charge in [0.2, 0.25) is 0 Å². The molecule has 0 radical (unpaired) electrons. The van der Waals surface area contributed by atoms with E-state index < -0.39 is 0 Å². The summed E-state index contributed by atoms with van der Waals surface area (Å²) in [5.74, 6) is 0.824. The van der Waals surface area contributed by atoms with Gasteiger partial charge in [-0.2, -0.15) is 0 Å². The first kappa shape index (κ1) is 13.2. The highest BCUT2D eigenvalue weighted by molar-refractivity contribution is 5.98. The smallest absolute Gasteiger partial charge is 0.165 e. The van der Waals surface area contributed by atoms with Gasteiger partial charge < -0.3 is 9.64 Å². The Morgan fingerprint density at radius 1 is 1.53 bits per heavy atom. The van der Waals surface area contributed by atoms with E-state index >= 15 is 0 Å². The summed E-state index contributed by atoms with van der Waals surface area (Å²) in [5.41, 5.74) is 1.33. The minimum absolute atomic E-state index is 0.0754. The molecule has 0 atom stereocenters. The van der Waals surface area contributed by atoms with Crippen molar-refractivity contribution in [3.8, 4) is 0 Å². The van der Waals surface area contributed by atoms with Crippen LogP contribution in [0.25, 0.3) is 0 Å². The Labute approximate surface area is 102 Å². The number of nitrogens with one attached hydrogen (secondary N) is 1. The fraction of sp³-hybridized carbons (Fsp3) is 0.385. The summed E-state index contributed by atoms with van der Waals surface area (Å²) in [7, 11) is 1.54. The Balaban J connectivity index is 3.20. The predicted molar refractivity (Wildman–Crippen MR) is 67.4 cm³/mol. The van der Waals surface area contributed by atoms with Crippen LogP contribution in [0.3, 0.4) is 0 Å². The number of methoxy groups -OCH3 is 1. The van der Waals surface area contributed by atoms with E-state index in [2.05, 4.69) is 13.8 Å². The number of hydrogen-bond acceptors (Lipinski definition) is 3. The van der Waals surface area contributed by atoms with Crippen molar-refractivity contribution in [3.63, 3.8) is 0 Å². The molecule has 0 fully saturated rings. The monoisotopic (exact) mass is 234 g/mol. The number of Topliss-reactive ketones (excluding diaryl/α,β-unsaturated/α-hetero) is 1. The summed E-state index contributed by atoms with van der Waals surface area (Å²) in [6.07, 6.45) is 6.60. The topological polar surface area (TPSA) is 53.4 Å². The van der Waals surface area contributed by atoms with Crippen LogP contribution in [0.2, 0.25) is 0 Å². The third kappa shape index (κ3) is 3.06. The lowest BCUT2D eigenvalue weighted by molar-refractivity contribution is -0.113. The molecule has 0 aromatic heterocycles. The zero-order chi connectivity index (χ0) is 13.0. The van der Waals surface area contributed by atoms with E-state index in [9.17, 15) is 4.79 Å². The van der Waals surface area contributed by atoms with Gasteiger partial charge in [-0.1, -0.05) is 19.9 Å². The van der Waals surface area contributed by atoms with Crippen LogP contribution in [-0.2, 0) is 9.53 Å². The highest BCUT2D eigenvalue weighted by Crippen LogP contribution is 2.24. The van der Waals surface area contributed by atoms with Gasteiger partial charge in [-0.05, 0) is 12.8 Å². The summed E-state index contributed by atoms with van der Waals surface area (Å²) >= 11 is 0. The maximum atomic E-state index is 11.4. The van der Waals surface area contributed by atoms with Gasteiger partial charge in [-0.3, -0.25) is 10.2 Å². The Kier molecular flexibility index (Phi) is 4.26. The lowest BCUT2D eigenvalue weighted by atomic mass is 10.0. The fourth-order valence-corrected chi connectivity index (χ4v) is 1.58. The molecule has 17 heavy (non-hydrogen) atoms. The Morgan fingerprint density at radius 3 is 2.59 bits per heavy atom. The molecule has 0 aromatic rings. The quantitative estimate of drug-likeness (QED) is 0.600. The molecule has 0 spiro atoms. The standard InChI is InChI=1S/C13H18N2O2/c1-9(2)5-11-6-13(17-4)12(10(3)16)7-15(11)8-14/h5-9,14H,1-4H3/b11-5-,14-8?. The molecule has 1 aliphatic rings. The number of hydrogen-bond donors (Lipinski definition) is 1. The molecule has 4 nitrogen and oxygen atoms in total. The molecule has 92 valence electrons. The number of nitrogens with zero attached hydrogens (tertiary/aromatic N) is 1. The van der Waals surface area contributed by atoms with E-state index in [1.54, 1.807) is 17.2 Å². The first-order chi connectivity index (χ1) is 7.99. The zero-order valence-electron chi connectivity index (χ0n) is 10.7. The van der Waals surface area contributed by atoms with E-state index in [-0.39, 0.29) is 5.78 Å². The summed E-state index contributed by atoms with van der Waals surface area (Å²) < 4.78 is 5.20. The summed E-state index contributed by atoms with van der Waals surface area (Å²) in [4.78, 5) is 13.1. The highest BCUT2D eigenvalue weighted by Gasteiger charge is 2.19. The molecule has 0 saturated carbocycles. The molecule has 0 aromatic carbocycles. The van der Waals surface area contributed by atoms with Crippen molar-refractivity contribution in [2.24, 2.45) is 5.92 Å². The van der Waals surface area contributed by atoms with E-state index in [1.165, 1.54) is 20.4 Å². The minimum atomic E-state index is -0.0754. The number of allylic oxidation sites excluding steroid dienone is 3. The van der Waals surface area contributed by atoms with Crippen LogP contribution >= 0.6 is 0 Å². The Bertz CT molecular complexity index is 417. The number of rotatable bonds is 4. The van der Waals surface area contributed by atoms with Crippen LogP contribution in [0.1, 0.15) is 20.8 Å². The van der Waals surface area contributed by atoms with E-state index in [4.69, 9.17) is 10.1 Å². The molecule has 1 rings (SSSR count). The number of ether oxygens (including phenoxy) is 1. The molecular weight excluding hydrogens is 216 g/mol. The van der Waals surface area contributed by atoms with E-state index in [0.717, 1.165) is 5.70 Å². The van der Waals surface area contributed by atoms with Crippen molar-refractivity contribution in [2.45, 2.75) is 20.8 Å². The van der Waals surface area contributed by atoms with Gasteiger partial charge in [-0.25, -0.2) is 0 Å². The lowest BCUT2D eigenvalue weighted by Gasteiger charge is -2.24. The zero-order valence-corrected chi connectivity index (χ0v) is 10.7. The van der Waals surface area contributed by atoms with Gasteiger partial charge in [0.25, 0.3) is 0 Å². The van der Waals surface area contributed by atoms with Gasteiger partial charge in [-0.15, -0.1) is 0 Å². The molecule has 0 unspecified atom stereocenters. The maximum Gasteiger partial charge on any atom is 0.165 e. The molecular formula is C13H18N2O2. The fourth-order valence-electron chi connectivity index (χ4n) is 1.58. The van der Waals surface area contributed by atoms with Crippen molar-refractivity contribution >= 4 is 12.1 Å². The number of carbonyl (C=O) groups excluding carboxylic acids is 1. The molecule has 0 bridgehead atoms. The number of carbonyl (C=O) groups is 1. The first-order valence-corrected chi connectivity index (χ1v) is 5.49. The lowest BCUT2D eigenvalue weighted by Crippen LogP contribution is -2.21. The van der Waals surface area contributed by atoms with E-state index in [0.29, 0.717) is 17.3 Å². The molecule has 0 aliphatic carbocycles. The molecule has 0 saturated heterocycles. The van der Waals surface area contributed by atoms with Crippen molar-refractivity contribution in [3.05, 3.63) is 35.4 Å². The van der Waals surface area contributed by atoms with Gasteiger partial charge in [0, 0.05) is 18.0 Å². The third-order valence-corrected chi connectivity index (χ3v) is 2.35. The van der Waals surface area contributed by atoms with Gasteiger partial charge in [0.05, 0.1) is 19.0 Å². The molecule has 1 heterocycles. The second kappa shape index (κ2) is 5.48. The molecule has 0 amide bonds. The van der Waals surface area contributed by atoms with Crippen molar-refractivity contribution in [1.29, 1.82) is 5.41 Å². The van der Waals surface area contributed by atoms with Crippen LogP contribution < -0.4 is 0 Å². The second-order valence-corrected chi connectivity index (χ2v) is 4.18. The molecule has 1 N–H and O–H groups in total. The Hall–Kier alpha value is -1.84. The molecule has 1 aliphatic heterocycles. The van der Waals surface area contributed by atoms with Crippen LogP contribution in [0.5, 0.6) is 0 Å². The third-order valence-electron chi connectivity index (χ3n) is 2.35. The number of ketones is 1. The summed E-state index contributed by atoms with van der Waals surface area (Å²) in [6.45, 7) is 5.59. The van der Waals surface area contributed by atoms with E-state index in [1.807, 2.05) is 6.08 Å². The molecule has 4 heteroatoms. The Morgan fingerprint density at radius 2 is 2.18 bits per heavy atom. The minimum Gasteiger partial charge on any atom is -0.496 e. The van der Waals surface area contributed by atoms with Gasteiger partial charge >= 0.3 is 0 Å².